The van der Waals surface area contributed by atoms with Crippen LogP contribution in [0, 0.1) is 11.3 Å². The quantitative estimate of drug-likeness (QED) is 0.00705. The second kappa shape index (κ2) is 40.1. The Morgan fingerprint density at radius 3 is 2.02 bits per heavy atom. The number of fused-ring (bicyclic) bond motifs is 2. The average Bonchev–Trinajstić information content (AvgIpc) is 1.64. The SMILES string of the molecule is CC(=O)N[C@H]1CCC(=O)NCC(=O)NCCC[C@@H](C(=O)N[C@H](Cc2ccc3ccccc3c2)C(=O)N[C@@H](CC(C)C)C(=O)N[C@@H](CCCNC(=N)N)C(=O)N2CCC[C@H]2C(=O)N[C@@H](CN)C(=O)O)NC(=O)[C@H](CC(=O)NN)NC(=O)[C@@H](Cc2c[nH]c3ccccc23)NC(=O)[C@@H](Cc2ccc(Cl)cc2)NC1=O. The van der Waals surface area contributed by atoms with Crippen molar-refractivity contribution in [3.8, 4) is 0 Å². The number of likely N-dealkylation sites (tertiary alicyclic amines) is 1. The van der Waals surface area contributed by atoms with Gasteiger partial charge in [-0.2, -0.15) is 0 Å². The summed E-state index contributed by atoms with van der Waals surface area (Å²) in [4.78, 5) is 202. The van der Waals surface area contributed by atoms with Gasteiger partial charge < -0.3 is 90.3 Å². The molecule has 0 unspecified atom stereocenters. The minimum Gasteiger partial charge on any atom is -0.480 e. The van der Waals surface area contributed by atoms with E-state index >= 15 is 19.2 Å². The maximum absolute atomic E-state index is 15.3. The predicted molar refractivity (Wildman–Crippen MR) is 389 cm³/mol. The van der Waals surface area contributed by atoms with Gasteiger partial charge >= 0.3 is 5.97 Å². The van der Waals surface area contributed by atoms with Crippen molar-refractivity contribution >= 4 is 122 Å². The van der Waals surface area contributed by atoms with Crippen molar-refractivity contribution in [1.29, 1.82) is 5.41 Å². The topological polar surface area (TPSA) is 537 Å². The largest absolute Gasteiger partial charge is 0.480 e. The van der Waals surface area contributed by atoms with Crippen LogP contribution in [0.2, 0.25) is 5.02 Å². The van der Waals surface area contributed by atoms with Gasteiger partial charge in [-0.1, -0.05) is 98.2 Å². The summed E-state index contributed by atoms with van der Waals surface area (Å²) in [6.45, 7) is 3.59. The van der Waals surface area contributed by atoms with E-state index in [2.05, 4.69) is 68.8 Å². The van der Waals surface area contributed by atoms with Gasteiger partial charge in [0.05, 0.1) is 13.0 Å². The van der Waals surface area contributed by atoms with Crippen LogP contribution in [0.3, 0.4) is 0 Å². The van der Waals surface area contributed by atoms with Gasteiger partial charge in [-0.25, -0.2) is 10.6 Å². The van der Waals surface area contributed by atoms with Crippen LogP contribution in [-0.2, 0) is 86.4 Å². The molecular formula is C71H94ClN19O15. The molecule has 570 valence electrons. The van der Waals surface area contributed by atoms with Crippen molar-refractivity contribution in [1.82, 2.24) is 79.1 Å². The highest BCUT2D eigenvalue weighted by Gasteiger charge is 2.41. The number of para-hydroxylation sites is 1. The average molecular weight is 1490 g/mol. The van der Waals surface area contributed by atoms with Gasteiger partial charge in [0.2, 0.25) is 76.8 Å². The minimum absolute atomic E-state index is 0.0467. The molecule has 106 heavy (non-hydrogen) atoms. The van der Waals surface area contributed by atoms with Gasteiger partial charge in [0, 0.05) is 80.9 Å². The molecule has 7 rings (SSSR count). The number of nitrogens with one attached hydrogen (secondary N) is 15. The fourth-order valence-corrected chi connectivity index (χ4v) is 12.5. The van der Waals surface area contributed by atoms with Crippen LogP contribution < -0.4 is 86.5 Å². The first-order chi connectivity index (χ1) is 50.6. The van der Waals surface area contributed by atoms with Crippen LogP contribution in [0.5, 0.6) is 0 Å². The number of benzene rings is 4. The lowest BCUT2D eigenvalue weighted by molar-refractivity contribution is -0.145. The van der Waals surface area contributed by atoms with Gasteiger partial charge in [-0.3, -0.25) is 73.2 Å². The molecule has 34 nitrogen and oxygen atoms in total. The minimum atomic E-state index is -1.90. The zero-order valence-electron chi connectivity index (χ0n) is 59.0. The van der Waals surface area contributed by atoms with E-state index in [1.807, 2.05) is 23.6 Å². The van der Waals surface area contributed by atoms with Gasteiger partial charge in [0.25, 0.3) is 0 Å². The summed E-state index contributed by atoms with van der Waals surface area (Å²) in [5.74, 6) is -7.92. The molecule has 22 N–H and O–H groups in total. The molecule has 0 spiro atoms. The van der Waals surface area contributed by atoms with Crippen molar-refractivity contribution in [2.24, 2.45) is 23.2 Å². The van der Waals surface area contributed by atoms with E-state index in [4.69, 9.17) is 34.3 Å². The number of hydrogen-bond donors (Lipinski definition) is 19. The number of aromatic nitrogens is 1. The number of nitrogens with two attached hydrogens (primary N) is 3. The predicted octanol–water partition coefficient (Wildman–Crippen LogP) is -2.08. The van der Waals surface area contributed by atoms with E-state index < -0.39 is 169 Å². The number of aromatic amines is 1. The Labute approximate surface area is 615 Å². The molecule has 2 aliphatic heterocycles. The Balaban J connectivity index is 1.24. The Morgan fingerprint density at radius 1 is 0.689 bits per heavy atom. The Morgan fingerprint density at radius 2 is 1.33 bits per heavy atom. The third kappa shape index (κ3) is 25.0. The van der Waals surface area contributed by atoms with Crippen molar-refractivity contribution in [3.63, 3.8) is 0 Å². The lowest BCUT2D eigenvalue weighted by Gasteiger charge is -2.31. The van der Waals surface area contributed by atoms with Crippen molar-refractivity contribution in [2.75, 3.05) is 32.7 Å². The molecule has 10 atom stereocenters. The van der Waals surface area contributed by atoms with E-state index in [0.29, 0.717) is 39.0 Å². The molecule has 3 heterocycles. The molecule has 2 aliphatic rings. The number of carboxylic acid groups (broad SMARTS) is 1. The smallest absolute Gasteiger partial charge is 0.327 e. The van der Waals surface area contributed by atoms with Gasteiger partial charge in [0.1, 0.15) is 60.4 Å². The molecule has 0 saturated carbocycles. The monoisotopic (exact) mass is 1490 g/mol. The summed E-state index contributed by atoms with van der Waals surface area (Å²) in [6.07, 6.45) is -0.684. The van der Waals surface area contributed by atoms with Gasteiger partial charge in [-0.05, 0) is 103 Å². The van der Waals surface area contributed by atoms with E-state index in [9.17, 15) is 53.1 Å². The van der Waals surface area contributed by atoms with Crippen LogP contribution in [-0.4, -0.2) is 197 Å². The van der Waals surface area contributed by atoms with E-state index in [0.717, 1.165) is 17.7 Å². The summed E-state index contributed by atoms with van der Waals surface area (Å²) in [7, 11) is 0. The number of H-pyrrole nitrogens is 1. The van der Waals surface area contributed by atoms with Crippen LogP contribution in [0.4, 0.5) is 0 Å². The number of hydrogen-bond acceptors (Lipinski definition) is 17. The van der Waals surface area contributed by atoms with Crippen molar-refractivity contribution < 1.29 is 72.2 Å². The number of nitrogens with zero attached hydrogens (tertiary/aromatic N) is 1. The standard InChI is InChI=1S/C71H94ClN19O15/c1-38(2)29-51(63(98)83-50(16-9-27-78-71(74)75)69(104)91-28-10-17-57(91)68(103)89-56(35-73)70(105)106)84-65(100)53(32-41-18-21-42-11-4-5-12-43(42)30-41)86-61(96)48-15-8-26-77-60(95)37-80-58(93)25-24-49(81-39(3)92)62(97)85-52(31-40-19-22-45(72)23-20-40)64(99)87-54(33-44-36-79-47-14-7-6-13-46(44)47)66(101)88-55(67(102)82-48)34-59(94)90-76/h4-7,11-14,18-23,30,36,38,48-57,79H,8-10,15-17,24-29,31-35,37,73,76H2,1-3H3,(H,77,95)(H,80,93)(H,81,92)(H,82,102)(H,83,98)(H,84,100)(H,85,97)(H,86,96)(H,87,99)(H,88,101)(H,89,103)(H,90,94)(H,105,106)(H4,74,75,78)/t48-,49-,50-,51-,52+,53+,54+,55-,56-,57-/m0/s1. The summed E-state index contributed by atoms with van der Waals surface area (Å²) < 4.78 is 0. The molecule has 0 bridgehead atoms. The van der Waals surface area contributed by atoms with Crippen LogP contribution >= 0.6 is 11.6 Å². The second-order valence-corrected chi connectivity index (χ2v) is 26.9. The number of carboxylic acids is 1. The summed E-state index contributed by atoms with van der Waals surface area (Å²) in [5.41, 5.74) is 15.2. The lowest BCUT2D eigenvalue weighted by atomic mass is 9.98. The number of rotatable bonds is 26. The third-order valence-corrected chi connectivity index (χ3v) is 18.1. The Kier molecular flexibility index (Phi) is 31.1. The first kappa shape index (κ1) is 82.0. The highest BCUT2D eigenvalue weighted by molar-refractivity contribution is 6.30. The highest BCUT2D eigenvalue weighted by Crippen LogP contribution is 2.24. The third-order valence-electron chi connectivity index (χ3n) is 17.8. The summed E-state index contributed by atoms with van der Waals surface area (Å²) in [6, 6.07) is 10.8. The summed E-state index contributed by atoms with van der Waals surface area (Å²) in [5, 5.41) is 51.3. The molecule has 4 aromatic carbocycles. The van der Waals surface area contributed by atoms with Crippen molar-refractivity contribution in [2.45, 2.75) is 165 Å². The maximum Gasteiger partial charge on any atom is 0.327 e. The number of carbonyl (C=O) groups is 14. The summed E-state index contributed by atoms with van der Waals surface area (Å²) >= 11 is 6.22. The van der Waals surface area contributed by atoms with Crippen LogP contribution in [0.25, 0.3) is 21.7 Å². The maximum atomic E-state index is 15.3. The molecule has 2 fully saturated rings. The zero-order valence-corrected chi connectivity index (χ0v) is 59.8. The highest BCUT2D eigenvalue weighted by atomic mass is 35.5. The molecule has 1 aromatic heterocycles. The number of halogens is 1. The number of carbonyl (C=O) groups excluding carboxylic acids is 13. The second-order valence-electron chi connectivity index (χ2n) is 26.5. The molecule has 0 aliphatic carbocycles. The normalized spacial score (nSPS) is 19.9. The van der Waals surface area contributed by atoms with Gasteiger partial charge in [0.15, 0.2) is 5.96 Å². The number of guanidine groups is 1. The lowest BCUT2D eigenvalue weighted by Crippen LogP contribution is -2.61. The Hall–Kier alpha value is -11.3. The van der Waals surface area contributed by atoms with Crippen molar-refractivity contribution in [3.05, 3.63) is 119 Å². The van der Waals surface area contributed by atoms with E-state index in [-0.39, 0.29) is 95.7 Å². The molecule has 0 radical (unpaired) electrons. The fourth-order valence-electron chi connectivity index (χ4n) is 12.4. The molecule has 35 heteroatoms. The fraction of sp³-hybridized carbons (Fsp3) is 0.451. The number of aliphatic carboxylic acids is 1. The molecule has 13 amide bonds. The van der Waals surface area contributed by atoms with Gasteiger partial charge in [-0.15, -0.1) is 0 Å². The number of hydrazine groups is 1. The Bertz CT molecular complexity index is 4020. The van der Waals surface area contributed by atoms with Crippen LogP contribution in [0.15, 0.2) is 97.2 Å². The van der Waals surface area contributed by atoms with E-state index in [1.54, 1.807) is 92.8 Å². The number of amides is 13. The zero-order chi connectivity index (χ0) is 77.1. The first-order valence-electron chi connectivity index (χ1n) is 34.9. The molecule has 5 aromatic rings. The molecule has 2 saturated heterocycles. The first-order valence-corrected chi connectivity index (χ1v) is 35.3. The van der Waals surface area contributed by atoms with Crippen LogP contribution in [0.1, 0.15) is 102 Å². The van der Waals surface area contributed by atoms with E-state index in [1.165, 1.54) is 4.90 Å². The molecular weight excluding hydrogens is 1390 g/mol.